The third-order valence-corrected chi connectivity index (χ3v) is 13.4. The number of hydrogen-bond donors (Lipinski definition) is 0. The molecule has 0 saturated heterocycles. The van der Waals surface area contributed by atoms with Gasteiger partial charge in [-0.05, 0) is 71.2 Å². The summed E-state index contributed by atoms with van der Waals surface area (Å²) in [4.78, 5) is 0. The molecule has 27 heteroatoms. The summed E-state index contributed by atoms with van der Waals surface area (Å²) < 4.78 is 6.18. The molecule has 0 saturated carbocycles. The molecule has 0 aliphatic rings. The van der Waals surface area contributed by atoms with Crippen LogP contribution in [-0.2, 0) is 0 Å². The summed E-state index contributed by atoms with van der Waals surface area (Å²) >= 11 is 0. The Balaban J connectivity index is 1.53. The summed E-state index contributed by atoms with van der Waals surface area (Å²) in [6, 6.07) is 0. The van der Waals surface area contributed by atoms with Gasteiger partial charge in [0.2, 0.25) is 0 Å². The smallest absolute Gasteiger partial charge is 0.128 e. The Morgan fingerprint density at radius 2 is 0.319 bits per heavy atom. The lowest BCUT2D eigenvalue weighted by molar-refractivity contribution is 0.675. The lowest BCUT2D eigenvalue weighted by atomic mass is 9.55. The van der Waals surface area contributed by atoms with Gasteiger partial charge in [0.1, 0.15) is 215 Å². The standard InChI is InChI=1S/C42B26O/c43-15-5(8-10(26(54)31(15)59)27(55)37(65)36(64)20(8)48)1-3-6(18(46)34(62)32(60)16(3)44)2(7-4(1)17(45)33(61)35(63)19(7)47)9-21(49)23(51)11(24(52)22(9)50)12-25(53)28(56)13-14-29(57)38(66)39(67)40(68)42(14)69-41(13)30(12)58. The first-order chi connectivity index (χ1) is 32.2. The van der Waals surface area contributed by atoms with Crippen molar-refractivity contribution in [3.05, 3.63) is 0 Å². The molecule has 0 bridgehead atoms. The molecule has 1 heterocycles. The van der Waals surface area contributed by atoms with Gasteiger partial charge < -0.3 is 4.42 Å². The first-order valence-electron chi connectivity index (χ1n) is 20.2. The fraction of sp³-hybridized carbons (Fsp3) is 0. The third kappa shape index (κ3) is 6.41. The van der Waals surface area contributed by atoms with Crippen LogP contribution in [0.15, 0.2) is 4.42 Å². The van der Waals surface area contributed by atoms with E-state index in [-0.39, 0.29) is 230 Å². The number of rotatable bonds is 3. The maximum atomic E-state index is 7.13. The second-order valence-electron chi connectivity index (χ2n) is 16.8. The van der Waals surface area contributed by atoms with E-state index in [9.17, 15) is 0 Å². The van der Waals surface area contributed by atoms with Crippen LogP contribution in [-0.4, -0.2) is 204 Å². The molecule has 9 aromatic rings. The van der Waals surface area contributed by atoms with E-state index in [0.717, 1.165) is 0 Å². The molecule has 8 aromatic carbocycles. The van der Waals surface area contributed by atoms with Crippen molar-refractivity contribution in [1.82, 2.24) is 0 Å². The lowest BCUT2D eigenvalue weighted by Crippen LogP contribution is -2.53. The van der Waals surface area contributed by atoms with Crippen molar-refractivity contribution < 1.29 is 4.42 Å². The average molecular weight is 802 g/mol. The van der Waals surface area contributed by atoms with E-state index >= 15 is 0 Å². The second-order valence-corrected chi connectivity index (χ2v) is 16.8. The van der Waals surface area contributed by atoms with Crippen molar-refractivity contribution in [3.8, 4) is 33.4 Å². The molecule has 0 atom stereocenters. The van der Waals surface area contributed by atoms with Crippen LogP contribution >= 0.6 is 0 Å². The molecule has 0 unspecified atom stereocenters. The first kappa shape index (κ1) is 50.0. The molecule has 69 heavy (non-hydrogen) atoms. The summed E-state index contributed by atoms with van der Waals surface area (Å²) in [5.74, 6) is 0. The Hall–Kier alpha value is -3.97. The maximum Gasteiger partial charge on any atom is 0.128 e. The van der Waals surface area contributed by atoms with Crippen LogP contribution < -0.4 is 142 Å². The highest BCUT2D eigenvalue weighted by Gasteiger charge is 2.31. The van der Waals surface area contributed by atoms with E-state index in [2.05, 4.69) is 0 Å². The van der Waals surface area contributed by atoms with Gasteiger partial charge in [-0.2, -0.15) is 0 Å². The van der Waals surface area contributed by atoms with Crippen molar-refractivity contribution in [2.75, 3.05) is 0 Å². The zero-order valence-electron chi connectivity index (χ0n) is 36.4. The molecule has 0 aliphatic carbocycles. The van der Waals surface area contributed by atoms with E-state index < -0.39 is 0 Å². The quantitative estimate of drug-likeness (QED) is 0.128. The normalized spacial score (nSPS) is 11.8. The van der Waals surface area contributed by atoms with Crippen molar-refractivity contribution in [2.45, 2.75) is 0 Å². The van der Waals surface area contributed by atoms with Crippen LogP contribution in [0.5, 0.6) is 0 Å². The van der Waals surface area contributed by atoms with Crippen LogP contribution in [0.4, 0.5) is 0 Å². The predicted octanol–water partition coefficient (Wildman–Crippen LogP) is -19.3. The van der Waals surface area contributed by atoms with Crippen LogP contribution in [0.2, 0.25) is 0 Å². The van der Waals surface area contributed by atoms with E-state index in [1.165, 1.54) is 0 Å². The monoisotopic (exact) mass is 806 g/mol. The van der Waals surface area contributed by atoms with Gasteiger partial charge in [0.15, 0.2) is 0 Å². The van der Waals surface area contributed by atoms with Gasteiger partial charge >= 0.3 is 0 Å². The second kappa shape index (κ2) is 16.8. The fourth-order valence-electron chi connectivity index (χ4n) is 9.66. The largest absolute Gasteiger partial charge is 0.457 e. The summed E-state index contributed by atoms with van der Waals surface area (Å²) in [5, 5.41) is 0.484. The van der Waals surface area contributed by atoms with Crippen LogP contribution in [0, 0.1) is 0 Å². The average Bonchev–Trinajstić information content (AvgIpc) is 3.73. The van der Waals surface area contributed by atoms with Gasteiger partial charge in [-0.1, -0.05) is 87.4 Å². The summed E-state index contributed by atoms with van der Waals surface area (Å²) in [7, 11) is 175. The minimum absolute atomic E-state index is 0.000973. The zero-order chi connectivity index (χ0) is 51.0. The Bertz CT molecular complexity index is 3850. The van der Waals surface area contributed by atoms with Gasteiger partial charge in [-0.3, -0.25) is 0 Å². The number of hydrogen-bond acceptors (Lipinski definition) is 1. The molecule has 0 N–H and O–H groups in total. The molecule has 252 valence electrons. The fourth-order valence-corrected chi connectivity index (χ4v) is 9.66. The van der Waals surface area contributed by atoms with Crippen molar-refractivity contribution in [1.29, 1.82) is 0 Å². The van der Waals surface area contributed by atoms with E-state index in [4.69, 9.17) is 208 Å². The highest BCUT2D eigenvalue weighted by Crippen LogP contribution is 2.40. The van der Waals surface area contributed by atoms with E-state index in [1.54, 1.807) is 0 Å². The molecule has 9 rings (SSSR count). The topological polar surface area (TPSA) is 13.1 Å². The molecule has 1 nitrogen and oxygen atoms in total. The molecule has 52 radical (unpaired) electrons. The zero-order valence-corrected chi connectivity index (χ0v) is 36.4. The molecular weight excluding hydrogens is 802 g/mol. The van der Waals surface area contributed by atoms with Gasteiger partial charge in [0.05, 0.1) is 0 Å². The first-order valence-corrected chi connectivity index (χ1v) is 20.2. The minimum atomic E-state index is -0.258. The number of furan rings is 1. The molecular formula is C42B26O. The molecule has 1 aromatic heterocycles. The van der Waals surface area contributed by atoms with Crippen LogP contribution in [0.3, 0.4) is 0 Å². The van der Waals surface area contributed by atoms with Gasteiger partial charge in [0, 0.05) is 10.8 Å². The van der Waals surface area contributed by atoms with Crippen LogP contribution in [0.1, 0.15) is 0 Å². The number of fused-ring (bicyclic) bond motifs is 6. The minimum Gasteiger partial charge on any atom is -0.457 e. The maximum absolute atomic E-state index is 7.13. The molecule has 0 aliphatic heterocycles. The summed E-state index contributed by atoms with van der Waals surface area (Å²) in [6.45, 7) is 0. The Kier molecular flexibility index (Phi) is 12.2. The van der Waals surface area contributed by atoms with Gasteiger partial charge in [0.25, 0.3) is 0 Å². The highest BCUT2D eigenvalue weighted by atomic mass is 16.3. The molecule has 0 fully saturated rings. The van der Waals surface area contributed by atoms with Crippen molar-refractivity contribution >= 4 is 400 Å². The molecule has 0 spiro atoms. The Morgan fingerprint density at radius 1 is 0.130 bits per heavy atom. The SMILES string of the molecule is [B]c1c([B])c(-c2c3c([B])c([B])c([B])c([B])c3c(-c3c([B])c([B])c([B])c4c([B])c([B])c([B])c([B])c34)c3c([B])c([B])c([B])c([B])c23)c([B])c([B])c1-c1c([B])c([B])c2c(oc3c([B])c([B])c([B])c([B])c32)c1[B]. The van der Waals surface area contributed by atoms with Gasteiger partial charge in [-0.25, -0.2) is 0 Å². The Labute approximate surface area is 435 Å². The summed E-state index contributed by atoms with van der Waals surface area (Å²) in [5.41, 5.74) is -3.96. The van der Waals surface area contributed by atoms with E-state index in [0.29, 0.717) is 0 Å². The third-order valence-electron chi connectivity index (χ3n) is 13.4. The van der Waals surface area contributed by atoms with Gasteiger partial charge in [-0.15, -0.1) is 49.2 Å². The van der Waals surface area contributed by atoms with E-state index in [1.807, 2.05) is 0 Å². The Morgan fingerprint density at radius 3 is 0.681 bits per heavy atom. The summed E-state index contributed by atoms with van der Waals surface area (Å²) in [6.07, 6.45) is 0. The van der Waals surface area contributed by atoms with Crippen molar-refractivity contribution in [3.63, 3.8) is 0 Å². The predicted molar refractivity (Wildman–Crippen MR) is 323 cm³/mol. The number of benzene rings is 8. The van der Waals surface area contributed by atoms with Crippen LogP contribution in [0.25, 0.3) is 87.6 Å². The highest BCUT2D eigenvalue weighted by molar-refractivity contribution is 6.77. The van der Waals surface area contributed by atoms with Crippen molar-refractivity contribution in [2.24, 2.45) is 0 Å². The molecule has 0 amide bonds. The lowest BCUT2D eigenvalue weighted by Gasteiger charge is -2.33.